The molecule has 3 aromatic rings. The molecule has 10 heteroatoms. The maximum absolute atomic E-state index is 13.3. The highest BCUT2D eigenvalue weighted by atomic mass is 32.2. The summed E-state index contributed by atoms with van der Waals surface area (Å²) in [5.74, 6) is -0.384. The summed E-state index contributed by atoms with van der Waals surface area (Å²) in [6.45, 7) is 6.51. The molecule has 9 nitrogen and oxygen atoms in total. The molecule has 1 aliphatic heterocycles. The minimum absolute atomic E-state index is 0.182. The second-order valence-electron chi connectivity index (χ2n) is 8.48. The van der Waals surface area contributed by atoms with Crippen LogP contribution in [0, 0.1) is 13.8 Å². The van der Waals surface area contributed by atoms with Crippen molar-refractivity contribution in [2.45, 2.75) is 31.7 Å². The Hall–Kier alpha value is -3.34. The predicted molar refractivity (Wildman–Crippen MR) is 133 cm³/mol. The number of hydrogen-bond donors (Lipinski definition) is 1. The molecule has 0 saturated carbocycles. The Balaban J connectivity index is 1.66. The maximum Gasteiger partial charge on any atom is 0.267 e. The first kappa shape index (κ1) is 24.8. The first-order valence-electron chi connectivity index (χ1n) is 11.3. The van der Waals surface area contributed by atoms with Crippen molar-refractivity contribution in [2.75, 3.05) is 31.6 Å². The van der Waals surface area contributed by atoms with Crippen LogP contribution < -0.4 is 10.9 Å². The number of hydrogen-bond acceptors (Lipinski definition) is 6. The lowest BCUT2D eigenvalue weighted by molar-refractivity contribution is -0.119. The fraction of sp³-hybridized carbons (Fsp3) is 0.320. The van der Waals surface area contributed by atoms with Crippen LogP contribution in [0.3, 0.4) is 0 Å². The van der Waals surface area contributed by atoms with Crippen molar-refractivity contribution in [3.63, 3.8) is 0 Å². The summed E-state index contributed by atoms with van der Waals surface area (Å²) in [6, 6.07) is 14.4. The number of morpholine rings is 1. The lowest BCUT2D eigenvalue weighted by Crippen LogP contribution is -2.40. The Morgan fingerprint density at radius 1 is 1.03 bits per heavy atom. The summed E-state index contributed by atoms with van der Waals surface area (Å²) in [5, 5.41) is 7.24. The minimum atomic E-state index is -3.72. The van der Waals surface area contributed by atoms with Crippen LogP contribution in [-0.4, -0.2) is 54.7 Å². The minimum Gasteiger partial charge on any atom is -0.379 e. The molecule has 0 bridgehead atoms. The van der Waals surface area contributed by atoms with Gasteiger partial charge in [0.05, 0.1) is 23.8 Å². The van der Waals surface area contributed by atoms with Crippen molar-refractivity contribution in [1.29, 1.82) is 0 Å². The third-order valence-corrected chi connectivity index (χ3v) is 8.09. The number of anilines is 1. The van der Waals surface area contributed by atoms with Gasteiger partial charge in [-0.25, -0.2) is 13.1 Å². The smallest absolute Gasteiger partial charge is 0.267 e. The van der Waals surface area contributed by atoms with E-state index in [1.54, 1.807) is 38.1 Å². The van der Waals surface area contributed by atoms with Gasteiger partial charge in [-0.15, -0.1) is 0 Å². The summed E-state index contributed by atoms with van der Waals surface area (Å²) in [6.07, 6.45) is 0. The number of amides is 1. The van der Waals surface area contributed by atoms with Crippen LogP contribution >= 0.6 is 0 Å². The van der Waals surface area contributed by atoms with Gasteiger partial charge in [0.25, 0.3) is 5.56 Å². The number of aromatic nitrogens is 2. The third kappa shape index (κ3) is 5.19. The Labute approximate surface area is 204 Å². The van der Waals surface area contributed by atoms with E-state index in [1.165, 1.54) is 16.4 Å². The topological polar surface area (TPSA) is 111 Å². The van der Waals surface area contributed by atoms with E-state index in [0.29, 0.717) is 48.8 Å². The van der Waals surface area contributed by atoms with Gasteiger partial charge < -0.3 is 10.1 Å². The predicted octanol–water partition coefficient (Wildman–Crippen LogP) is 2.75. The third-order valence-electron chi connectivity index (χ3n) is 6.05. The van der Waals surface area contributed by atoms with Gasteiger partial charge >= 0.3 is 0 Å². The number of sulfonamides is 1. The molecule has 0 aliphatic carbocycles. The molecule has 0 unspecified atom stereocenters. The van der Waals surface area contributed by atoms with Crippen LogP contribution in [0.5, 0.6) is 0 Å². The van der Waals surface area contributed by atoms with E-state index in [0.717, 1.165) is 10.2 Å². The Morgan fingerprint density at radius 2 is 1.74 bits per heavy atom. The van der Waals surface area contributed by atoms with Crippen LogP contribution in [0.1, 0.15) is 24.1 Å². The summed E-state index contributed by atoms with van der Waals surface area (Å²) in [7, 11) is -3.72. The van der Waals surface area contributed by atoms with Crippen LogP contribution in [0.15, 0.2) is 64.3 Å². The van der Waals surface area contributed by atoms with Crippen molar-refractivity contribution in [3.8, 4) is 11.3 Å². The van der Waals surface area contributed by atoms with E-state index in [2.05, 4.69) is 10.4 Å². The largest absolute Gasteiger partial charge is 0.379 e. The second kappa shape index (κ2) is 10.1. The lowest BCUT2D eigenvalue weighted by atomic mass is 10.1. The van der Waals surface area contributed by atoms with Gasteiger partial charge in [-0.2, -0.15) is 9.40 Å². The normalized spacial score (nSPS) is 15.5. The molecule has 1 atom stereocenters. The van der Waals surface area contributed by atoms with Crippen molar-refractivity contribution in [3.05, 3.63) is 76.1 Å². The van der Waals surface area contributed by atoms with E-state index in [1.807, 2.05) is 25.1 Å². The molecule has 0 spiro atoms. The van der Waals surface area contributed by atoms with Gasteiger partial charge in [-0.3, -0.25) is 9.59 Å². The molecule has 0 radical (unpaired) electrons. The standard InChI is InChI=1S/C25H28N4O5S/c1-17-6-4-5-7-21(17)26-25(31)19(3)29-24(30)11-10-22(27-29)20-9-8-18(2)23(16-20)35(32,33)28-12-14-34-15-13-28/h4-11,16,19H,12-15H2,1-3H3,(H,26,31)/t19-/m1/s1. The molecular formula is C25H28N4O5S. The molecule has 35 heavy (non-hydrogen) atoms. The summed E-state index contributed by atoms with van der Waals surface area (Å²) < 4.78 is 34.3. The molecule has 1 saturated heterocycles. The zero-order valence-electron chi connectivity index (χ0n) is 19.9. The number of carbonyl (C=O) groups excluding carboxylic acids is 1. The van der Waals surface area contributed by atoms with Crippen LogP contribution in [0.2, 0.25) is 0 Å². The molecule has 1 amide bonds. The highest BCUT2D eigenvalue weighted by molar-refractivity contribution is 7.89. The van der Waals surface area contributed by atoms with Gasteiger partial charge in [0.1, 0.15) is 6.04 Å². The second-order valence-corrected chi connectivity index (χ2v) is 10.4. The number of ether oxygens (including phenoxy) is 1. The van der Waals surface area contributed by atoms with Gasteiger partial charge in [-0.05, 0) is 50.1 Å². The number of rotatable bonds is 6. The first-order chi connectivity index (χ1) is 16.7. The van der Waals surface area contributed by atoms with Gasteiger partial charge in [0.15, 0.2) is 0 Å². The Kier molecular flexibility index (Phi) is 7.15. The van der Waals surface area contributed by atoms with E-state index in [-0.39, 0.29) is 10.8 Å². The molecule has 1 aliphatic rings. The van der Waals surface area contributed by atoms with Gasteiger partial charge in [-0.1, -0.05) is 30.3 Å². The number of nitrogens with one attached hydrogen (secondary N) is 1. The fourth-order valence-electron chi connectivity index (χ4n) is 3.88. The number of para-hydroxylation sites is 1. The molecular weight excluding hydrogens is 468 g/mol. The summed E-state index contributed by atoms with van der Waals surface area (Å²) in [5.41, 5.74) is 2.65. The number of benzene rings is 2. The average molecular weight is 497 g/mol. The van der Waals surface area contributed by atoms with Gasteiger partial charge in [0.2, 0.25) is 15.9 Å². The quantitative estimate of drug-likeness (QED) is 0.562. The van der Waals surface area contributed by atoms with E-state index < -0.39 is 21.6 Å². The SMILES string of the molecule is Cc1ccccc1NC(=O)[C@@H](C)n1nc(-c2ccc(C)c(S(=O)(=O)N3CCOCC3)c2)ccc1=O. The highest BCUT2D eigenvalue weighted by Crippen LogP contribution is 2.26. The number of aryl methyl sites for hydroxylation is 2. The number of carbonyl (C=O) groups is 1. The van der Waals surface area contributed by atoms with E-state index >= 15 is 0 Å². The number of nitrogens with zero attached hydrogens (tertiary/aromatic N) is 3. The summed E-state index contributed by atoms with van der Waals surface area (Å²) in [4.78, 5) is 25.6. The van der Waals surface area contributed by atoms with Crippen LogP contribution in [0.25, 0.3) is 11.3 Å². The summed E-state index contributed by atoms with van der Waals surface area (Å²) >= 11 is 0. The fourth-order valence-corrected chi connectivity index (χ4v) is 5.54. The van der Waals surface area contributed by atoms with E-state index in [4.69, 9.17) is 4.74 Å². The van der Waals surface area contributed by atoms with E-state index in [9.17, 15) is 18.0 Å². The first-order valence-corrected chi connectivity index (χ1v) is 12.8. The van der Waals surface area contributed by atoms with Crippen molar-refractivity contribution < 1.29 is 17.9 Å². The molecule has 2 aromatic carbocycles. The molecule has 184 valence electrons. The highest BCUT2D eigenvalue weighted by Gasteiger charge is 2.28. The van der Waals surface area contributed by atoms with Crippen LogP contribution in [0.4, 0.5) is 5.69 Å². The lowest BCUT2D eigenvalue weighted by Gasteiger charge is -2.26. The Morgan fingerprint density at radius 3 is 2.46 bits per heavy atom. The zero-order valence-corrected chi connectivity index (χ0v) is 20.7. The van der Waals surface area contributed by atoms with Gasteiger partial charge in [0, 0.05) is 30.4 Å². The van der Waals surface area contributed by atoms with Crippen molar-refractivity contribution in [2.24, 2.45) is 0 Å². The van der Waals surface area contributed by atoms with Crippen LogP contribution in [-0.2, 0) is 19.6 Å². The zero-order chi connectivity index (χ0) is 25.2. The monoisotopic (exact) mass is 496 g/mol. The van der Waals surface area contributed by atoms with Crippen molar-refractivity contribution in [1.82, 2.24) is 14.1 Å². The molecule has 1 N–H and O–H groups in total. The maximum atomic E-state index is 13.3. The van der Waals surface area contributed by atoms with Crippen molar-refractivity contribution >= 4 is 21.6 Å². The Bertz CT molecular complexity index is 1410. The molecule has 1 aromatic heterocycles. The molecule has 4 rings (SSSR count). The molecule has 1 fully saturated rings. The average Bonchev–Trinajstić information content (AvgIpc) is 2.86. The molecule has 2 heterocycles.